The maximum Gasteiger partial charge on any atom is 0.306 e. The Balaban J connectivity index is 3.73. The molecular weight excluding hydrogens is 224 g/mol. The molecule has 108 valence electrons. The Morgan fingerprint density at radius 1 is 0.889 bits per heavy atom. The molecule has 2 heteroatoms. The van der Waals surface area contributed by atoms with E-state index < -0.39 is 5.97 Å². The molecule has 0 aromatic rings. The fraction of sp³-hybridized carbons (Fsp3) is 0.938. The molecule has 0 aromatic carbocycles. The van der Waals surface area contributed by atoms with Gasteiger partial charge in [0.1, 0.15) is 0 Å². The van der Waals surface area contributed by atoms with Crippen LogP contribution < -0.4 is 0 Å². The number of carbonyl (C=O) groups is 1. The molecule has 2 nitrogen and oxygen atoms in total. The van der Waals surface area contributed by atoms with E-state index in [2.05, 4.69) is 27.7 Å². The van der Waals surface area contributed by atoms with Crippen LogP contribution in [-0.2, 0) is 4.79 Å². The molecule has 0 heterocycles. The summed E-state index contributed by atoms with van der Waals surface area (Å²) < 4.78 is 0. The van der Waals surface area contributed by atoms with E-state index in [1.54, 1.807) is 6.92 Å². The van der Waals surface area contributed by atoms with Crippen molar-refractivity contribution in [1.29, 1.82) is 0 Å². The molecule has 0 bridgehead atoms. The number of aliphatic carboxylic acids is 1. The minimum absolute atomic E-state index is 0.192. The third-order valence-electron chi connectivity index (χ3n) is 4.17. The molecule has 0 aliphatic heterocycles. The molecule has 0 radical (unpaired) electrons. The highest BCUT2D eigenvalue weighted by Gasteiger charge is 2.14. The van der Waals surface area contributed by atoms with Crippen molar-refractivity contribution in [2.45, 2.75) is 73.1 Å². The van der Waals surface area contributed by atoms with Gasteiger partial charge in [-0.15, -0.1) is 0 Å². The average molecular weight is 256 g/mol. The van der Waals surface area contributed by atoms with Crippen molar-refractivity contribution in [3.63, 3.8) is 0 Å². The number of rotatable bonds is 10. The first-order valence-electron chi connectivity index (χ1n) is 7.59. The second-order valence-electron chi connectivity index (χ2n) is 6.35. The Hall–Kier alpha value is -0.530. The lowest BCUT2D eigenvalue weighted by Gasteiger charge is -2.19. The highest BCUT2D eigenvalue weighted by molar-refractivity contribution is 5.69. The van der Waals surface area contributed by atoms with Crippen LogP contribution in [-0.4, -0.2) is 11.1 Å². The Kier molecular flexibility index (Phi) is 9.13. The van der Waals surface area contributed by atoms with E-state index in [0.717, 1.165) is 24.7 Å². The van der Waals surface area contributed by atoms with Gasteiger partial charge < -0.3 is 5.11 Å². The van der Waals surface area contributed by atoms with Gasteiger partial charge in [-0.1, -0.05) is 53.9 Å². The third kappa shape index (κ3) is 8.54. The standard InChI is InChI=1S/C16H32O2/c1-6-12(2)7-8-13(3)11-14(4)9-10-15(5)16(17)18/h12-15H,6-11H2,1-5H3,(H,17,18). The predicted molar refractivity (Wildman–Crippen MR) is 77.7 cm³/mol. The van der Waals surface area contributed by atoms with Gasteiger partial charge in [0.25, 0.3) is 0 Å². The number of hydrogen-bond donors (Lipinski definition) is 1. The molecule has 0 aliphatic rings. The Morgan fingerprint density at radius 3 is 1.78 bits per heavy atom. The third-order valence-corrected chi connectivity index (χ3v) is 4.17. The lowest BCUT2D eigenvalue weighted by Crippen LogP contribution is -2.12. The average Bonchev–Trinajstić information content (AvgIpc) is 2.32. The Morgan fingerprint density at radius 2 is 1.33 bits per heavy atom. The van der Waals surface area contributed by atoms with Gasteiger partial charge in [-0.25, -0.2) is 0 Å². The Bertz CT molecular complexity index is 225. The predicted octanol–water partition coefficient (Wildman–Crippen LogP) is 4.98. The quantitative estimate of drug-likeness (QED) is 0.599. The topological polar surface area (TPSA) is 37.3 Å². The van der Waals surface area contributed by atoms with Gasteiger partial charge in [0, 0.05) is 0 Å². The van der Waals surface area contributed by atoms with E-state index in [-0.39, 0.29) is 5.92 Å². The fourth-order valence-corrected chi connectivity index (χ4v) is 2.35. The van der Waals surface area contributed by atoms with Gasteiger partial charge in [0.05, 0.1) is 5.92 Å². The molecule has 0 aliphatic carbocycles. The molecule has 4 atom stereocenters. The van der Waals surface area contributed by atoms with Crippen LogP contribution >= 0.6 is 0 Å². The first kappa shape index (κ1) is 17.5. The maximum atomic E-state index is 10.7. The van der Waals surface area contributed by atoms with Crippen LogP contribution in [0.15, 0.2) is 0 Å². The van der Waals surface area contributed by atoms with Gasteiger partial charge in [-0.2, -0.15) is 0 Å². The Labute approximate surface area is 113 Å². The molecule has 0 saturated heterocycles. The number of carboxylic acid groups (broad SMARTS) is 1. The van der Waals surface area contributed by atoms with Crippen molar-refractivity contribution < 1.29 is 9.90 Å². The molecule has 0 spiro atoms. The molecule has 0 saturated carbocycles. The first-order chi connectivity index (χ1) is 8.36. The van der Waals surface area contributed by atoms with Gasteiger partial charge >= 0.3 is 5.97 Å². The monoisotopic (exact) mass is 256 g/mol. The summed E-state index contributed by atoms with van der Waals surface area (Å²) in [6.07, 6.45) is 7.01. The molecule has 0 fully saturated rings. The zero-order chi connectivity index (χ0) is 14.1. The van der Waals surface area contributed by atoms with Gasteiger partial charge in [-0.05, 0) is 37.0 Å². The van der Waals surface area contributed by atoms with Crippen molar-refractivity contribution in [2.24, 2.45) is 23.7 Å². The summed E-state index contributed by atoms with van der Waals surface area (Å²) in [5.74, 6) is 1.41. The SMILES string of the molecule is CCC(C)CCC(C)CC(C)CCC(C)C(=O)O. The molecule has 4 unspecified atom stereocenters. The molecule has 0 amide bonds. The van der Waals surface area contributed by atoms with E-state index in [9.17, 15) is 4.79 Å². The van der Waals surface area contributed by atoms with E-state index in [0.29, 0.717) is 5.92 Å². The van der Waals surface area contributed by atoms with Gasteiger partial charge in [-0.3, -0.25) is 4.79 Å². The minimum atomic E-state index is -0.660. The van der Waals surface area contributed by atoms with Crippen LogP contribution in [0.4, 0.5) is 0 Å². The lowest BCUT2D eigenvalue weighted by atomic mass is 9.87. The largest absolute Gasteiger partial charge is 0.481 e. The van der Waals surface area contributed by atoms with Crippen LogP contribution in [0.1, 0.15) is 73.1 Å². The highest BCUT2D eigenvalue weighted by Crippen LogP contribution is 2.24. The normalized spacial score (nSPS) is 18.1. The zero-order valence-corrected chi connectivity index (χ0v) is 12.9. The van der Waals surface area contributed by atoms with Crippen LogP contribution in [0.25, 0.3) is 0 Å². The molecule has 0 aromatic heterocycles. The highest BCUT2D eigenvalue weighted by atomic mass is 16.4. The summed E-state index contributed by atoms with van der Waals surface area (Å²) in [6.45, 7) is 11.0. The van der Waals surface area contributed by atoms with Crippen molar-refractivity contribution in [1.82, 2.24) is 0 Å². The van der Waals surface area contributed by atoms with E-state index in [4.69, 9.17) is 5.11 Å². The van der Waals surface area contributed by atoms with Gasteiger partial charge in [0.2, 0.25) is 0 Å². The van der Waals surface area contributed by atoms with Crippen LogP contribution in [0, 0.1) is 23.7 Å². The van der Waals surface area contributed by atoms with Gasteiger partial charge in [0.15, 0.2) is 0 Å². The van der Waals surface area contributed by atoms with Crippen LogP contribution in [0.5, 0.6) is 0 Å². The lowest BCUT2D eigenvalue weighted by molar-refractivity contribution is -0.141. The summed E-state index contributed by atoms with van der Waals surface area (Å²) >= 11 is 0. The summed E-state index contributed by atoms with van der Waals surface area (Å²) in [5.41, 5.74) is 0. The summed E-state index contributed by atoms with van der Waals surface area (Å²) in [7, 11) is 0. The van der Waals surface area contributed by atoms with E-state index in [1.807, 2.05) is 0 Å². The summed E-state index contributed by atoms with van der Waals surface area (Å²) in [5, 5.41) is 8.85. The molecule has 0 rings (SSSR count). The fourth-order valence-electron chi connectivity index (χ4n) is 2.35. The summed E-state index contributed by atoms with van der Waals surface area (Å²) in [4.78, 5) is 10.7. The van der Waals surface area contributed by atoms with Crippen LogP contribution in [0.2, 0.25) is 0 Å². The smallest absolute Gasteiger partial charge is 0.306 e. The zero-order valence-electron chi connectivity index (χ0n) is 12.9. The molecule has 18 heavy (non-hydrogen) atoms. The first-order valence-corrected chi connectivity index (χ1v) is 7.59. The van der Waals surface area contributed by atoms with E-state index >= 15 is 0 Å². The maximum absolute atomic E-state index is 10.7. The second kappa shape index (κ2) is 9.41. The van der Waals surface area contributed by atoms with Crippen molar-refractivity contribution in [3.05, 3.63) is 0 Å². The number of hydrogen-bond acceptors (Lipinski definition) is 1. The van der Waals surface area contributed by atoms with Crippen molar-refractivity contribution in [3.8, 4) is 0 Å². The second-order valence-corrected chi connectivity index (χ2v) is 6.35. The molecule has 1 N–H and O–H groups in total. The summed E-state index contributed by atoms with van der Waals surface area (Å²) in [6, 6.07) is 0. The van der Waals surface area contributed by atoms with Crippen molar-refractivity contribution >= 4 is 5.97 Å². The van der Waals surface area contributed by atoms with Crippen LogP contribution in [0.3, 0.4) is 0 Å². The minimum Gasteiger partial charge on any atom is -0.481 e. The number of carboxylic acids is 1. The molecular formula is C16H32O2. The van der Waals surface area contributed by atoms with E-state index in [1.165, 1.54) is 25.7 Å². The van der Waals surface area contributed by atoms with Crippen molar-refractivity contribution in [2.75, 3.05) is 0 Å².